The van der Waals surface area contributed by atoms with Gasteiger partial charge in [-0.25, -0.2) is 8.42 Å². The highest BCUT2D eigenvalue weighted by Gasteiger charge is 2.47. The lowest BCUT2D eigenvalue weighted by Crippen LogP contribution is -2.64. The molecule has 1 saturated heterocycles. The maximum absolute atomic E-state index is 12.4. The number of nitrogens with one attached hydrogen (secondary N) is 1. The summed E-state index contributed by atoms with van der Waals surface area (Å²) in [4.78, 5) is 26.2. The van der Waals surface area contributed by atoms with Gasteiger partial charge in [0.1, 0.15) is 21.9 Å². The van der Waals surface area contributed by atoms with Crippen molar-refractivity contribution in [3.63, 3.8) is 0 Å². The van der Waals surface area contributed by atoms with Crippen molar-refractivity contribution in [2.24, 2.45) is 5.92 Å². The normalized spacial score (nSPS) is 26.9. The van der Waals surface area contributed by atoms with Crippen molar-refractivity contribution < 1.29 is 18.0 Å². The highest BCUT2D eigenvalue weighted by atomic mass is 32.2. The molecule has 1 aliphatic heterocycles. The molecule has 2 fully saturated rings. The van der Waals surface area contributed by atoms with Gasteiger partial charge in [0.2, 0.25) is 11.8 Å². The summed E-state index contributed by atoms with van der Waals surface area (Å²) in [7, 11) is -3.03. The Morgan fingerprint density at radius 3 is 2.43 bits per heavy atom. The molecule has 1 heterocycles. The van der Waals surface area contributed by atoms with Crippen LogP contribution in [0.1, 0.15) is 39.5 Å². The molecular formula is C14H24N2O4S. The van der Waals surface area contributed by atoms with E-state index in [9.17, 15) is 18.0 Å². The third-order valence-corrected chi connectivity index (χ3v) is 6.06. The van der Waals surface area contributed by atoms with Gasteiger partial charge in [0.05, 0.1) is 5.75 Å². The van der Waals surface area contributed by atoms with E-state index in [1.807, 2.05) is 6.92 Å². The summed E-state index contributed by atoms with van der Waals surface area (Å²) in [6, 6.07) is -0.861. The van der Waals surface area contributed by atoms with Crippen LogP contribution in [0.15, 0.2) is 0 Å². The first-order valence-corrected chi connectivity index (χ1v) is 9.53. The van der Waals surface area contributed by atoms with Crippen LogP contribution < -0.4 is 5.32 Å². The number of sulfone groups is 1. The van der Waals surface area contributed by atoms with E-state index in [-0.39, 0.29) is 29.2 Å². The first-order chi connectivity index (χ1) is 9.89. The molecule has 2 rings (SSSR count). The Labute approximate surface area is 126 Å². The lowest BCUT2D eigenvalue weighted by atomic mass is 10.0. The quantitative estimate of drug-likeness (QED) is 0.733. The van der Waals surface area contributed by atoms with Gasteiger partial charge in [-0.05, 0) is 31.6 Å². The van der Waals surface area contributed by atoms with E-state index in [1.54, 1.807) is 11.8 Å². The molecule has 0 bridgehead atoms. The van der Waals surface area contributed by atoms with Crippen molar-refractivity contribution in [3.05, 3.63) is 0 Å². The molecule has 0 aromatic rings. The summed E-state index contributed by atoms with van der Waals surface area (Å²) in [6.45, 7) is 3.83. The zero-order valence-corrected chi connectivity index (χ0v) is 13.5. The van der Waals surface area contributed by atoms with Crippen molar-refractivity contribution in [2.75, 3.05) is 18.1 Å². The minimum Gasteiger partial charge on any atom is -0.343 e. The zero-order valence-electron chi connectivity index (χ0n) is 12.7. The Kier molecular flexibility index (Phi) is 4.91. The smallest absolute Gasteiger partial charge is 0.245 e. The maximum atomic E-state index is 12.4. The average molecular weight is 316 g/mol. The number of rotatable bonds is 7. The van der Waals surface area contributed by atoms with Crippen molar-refractivity contribution in [3.8, 4) is 0 Å². The molecule has 2 unspecified atom stereocenters. The SMILES string of the molecule is CCC1NC(=O)C(C2CC2)N(CCCS(=O)(=O)CC)C1=O. The second kappa shape index (κ2) is 6.34. The fourth-order valence-corrected chi connectivity index (χ4v) is 3.66. The molecule has 7 heteroatoms. The number of hydrogen-bond acceptors (Lipinski definition) is 4. The van der Waals surface area contributed by atoms with Crippen LogP contribution in [0.2, 0.25) is 0 Å². The molecular weight excluding hydrogens is 292 g/mol. The minimum absolute atomic E-state index is 0.0668. The Morgan fingerprint density at radius 2 is 1.90 bits per heavy atom. The summed E-state index contributed by atoms with van der Waals surface area (Å²) in [5, 5.41) is 2.79. The van der Waals surface area contributed by atoms with Crippen LogP contribution in [0.5, 0.6) is 0 Å². The predicted molar refractivity (Wildman–Crippen MR) is 79.4 cm³/mol. The first-order valence-electron chi connectivity index (χ1n) is 7.71. The fraction of sp³-hybridized carbons (Fsp3) is 0.857. The minimum atomic E-state index is -3.03. The van der Waals surface area contributed by atoms with E-state index >= 15 is 0 Å². The van der Waals surface area contributed by atoms with Crippen molar-refractivity contribution in [2.45, 2.75) is 51.6 Å². The summed E-state index contributed by atoms with van der Waals surface area (Å²) < 4.78 is 23.1. The molecule has 6 nitrogen and oxygen atoms in total. The van der Waals surface area contributed by atoms with Crippen LogP contribution in [0.3, 0.4) is 0 Å². The van der Waals surface area contributed by atoms with Gasteiger partial charge in [0.25, 0.3) is 0 Å². The molecule has 1 saturated carbocycles. The number of piperazine rings is 1. The van der Waals surface area contributed by atoms with Gasteiger partial charge in [0, 0.05) is 12.3 Å². The molecule has 0 spiro atoms. The van der Waals surface area contributed by atoms with Crippen LogP contribution in [-0.4, -0.2) is 55.3 Å². The average Bonchev–Trinajstić information content (AvgIpc) is 3.26. The molecule has 0 radical (unpaired) electrons. The van der Waals surface area contributed by atoms with E-state index in [1.165, 1.54) is 0 Å². The largest absolute Gasteiger partial charge is 0.343 e. The van der Waals surface area contributed by atoms with E-state index in [4.69, 9.17) is 0 Å². The van der Waals surface area contributed by atoms with Gasteiger partial charge in [-0.15, -0.1) is 0 Å². The molecule has 0 aromatic heterocycles. The molecule has 2 amide bonds. The fourth-order valence-electron chi connectivity index (χ4n) is 2.80. The third-order valence-electron chi connectivity index (χ3n) is 4.27. The topological polar surface area (TPSA) is 83.6 Å². The van der Waals surface area contributed by atoms with Crippen molar-refractivity contribution >= 4 is 21.7 Å². The summed E-state index contributed by atoms with van der Waals surface area (Å²) in [6.07, 6.45) is 2.89. The first kappa shape index (κ1) is 16.3. The van der Waals surface area contributed by atoms with Gasteiger partial charge in [0.15, 0.2) is 0 Å². The third kappa shape index (κ3) is 3.75. The lowest BCUT2D eigenvalue weighted by molar-refractivity contribution is -0.150. The number of nitrogens with zero attached hydrogens (tertiary/aromatic N) is 1. The Hall–Kier alpha value is -1.11. The van der Waals surface area contributed by atoms with E-state index in [0.29, 0.717) is 19.4 Å². The highest BCUT2D eigenvalue weighted by molar-refractivity contribution is 7.91. The van der Waals surface area contributed by atoms with Crippen molar-refractivity contribution in [1.82, 2.24) is 10.2 Å². The second-order valence-corrected chi connectivity index (χ2v) is 8.35. The molecule has 120 valence electrons. The van der Waals surface area contributed by atoms with Gasteiger partial charge < -0.3 is 10.2 Å². The van der Waals surface area contributed by atoms with E-state index < -0.39 is 21.9 Å². The van der Waals surface area contributed by atoms with Gasteiger partial charge in [-0.2, -0.15) is 0 Å². The monoisotopic (exact) mass is 316 g/mol. The number of carbonyl (C=O) groups excluding carboxylic acids is 2. The summed E-state index contributed by atoms with van der Waals surface area (Å²) in [5.74, 6) is 0.286. The molecule has 2 atom stereocenters. The van der Waals surface area contributed by atoms with Crippen molar-refractivity contribution in [1.29, 1.82) is 0 Å². The molecule has 0 aromatic carbocycles. The summed E-state index contributed by atoms with van der Waals surface area (Å²) in [5.41, 5.74) is 0. The predicted octanol–water partition coefficient (Wildman–Crippen LogP) is 0.327. The number of amides is 2. The highest BCUT2D eigenvalue weighted by Crippen LogP contribution is 2.37. The maximum Gasteiger partial charge on any atom is 0.245 e. The van der Waals surface area contributed by atoms with E-state index in [0.717, 1.165) is 12.8 Å². The standard InChI is InChI=1S/C14H24N2O4S/c1-3-11-14(18)16(8-5-9-21(19,20)4-2)12(10-6-7-10)13(17)15-11/h10-12H,3-9H2,1-2H3,(H,15,17). The molecule has 21 heavy (non-hydrogen) atoms. The van der Waals surface area contributed by atoms with Crippen LogP contribution in [0.4, 0.5) is 0 Å². The van der Waals surface area contributed by atoms with Gasteiger partial charge in [-0.1, -0.05) is 13.8 Å². The van der Waals surface area contributed by atoms with Crippen LogP contribution in [-0.2, 0) is 19.4 Å². The Bertz CT molecular complexity index is 513. The van der Waals surface area contributed by atoms with Gasteiger partial charge >= 0.3 is 0 Å². The molecule has 1 aliphatic carbocycles. The van der Waals surface area contributed by atoms with E-state index in [2.05, 4.69) is 5.32 Å². The number of hydrogen-bond donors (Lipinski definition) is 1. The molecule has 2 aliphatic rings. The Balaban J connectivity index is 2.04. The summed E-state index contributed by atoms with van der Waals surface area (Å²) >= 11 is 0. The van der Waals surface area contributed by atoms with Gasteiger partial charge in [-0.3, -0.25) is 9.59 Å². The lowest BCUT2D eigenvalue weighted by Gasteiger charge is -2.39. The Morgan fingerprint density at radius 1 is 1.24 bits per heavy atom. The van der Waals surface area contributed by atoms with Crippen LogP contribution in [0.25, 0.3) is 0 Å². The molecule has 1 N–H and O–H groups in total. The number of carbonyl (C=O) groups is 2. The zero-order chi connectivity index (χ0) is 15.6. The van der Waals surface area contributed by atoms with Crippen LogP contribution >= 0.6 is 0 Å². The second-order valence-electron chi connectivity index (χ2n) is 5.87. The van der Waals surface area contributed by atoms with Crippen LogP contribution in [0, 0.1) is 5.92 Å².